The molecule has 0 saturated carbocycles. The predicted octanol–water partition coefficient (Wildman–Crippen LogP) is -2.80. The van der Waals surface area contributed by atoms with Gasteiger partial charge in [-0.2, -0.15) is 0 Å². The number of carbonyl (C=O) groups is 4. The molecule has 0 unspecified atom stereocenters. The van der Waals surface area contributed by atoms with Crippen molar-refractivity contribution in [1.29, 1.82) is 0 Å². The van der Waals surface area contributed by atoms with Crippen LogP contribution in [-0.4, -0.2) is 164 Å². The van der Waals surface area contributed by atoms with E-state index in [4.69, 9.17) is 23.8 Å². The molecule has 3 amide bonds. The van der Waals surface area contributed by atoms with Gasteiger partial charge < -0.3 is 64.4 Å². The Hall–Kier alpha value is -2.36. The number of amides is 3. The van der Waals surface area contributed by atoms with Crippen LogP contribution in [0.5, 0.6) is 0 Å². The number of ether oxygens (including phenoxy) is 4. The molecule has 3 rings (SSSR count). The first-order chi connectivity index (χ1) is 22.8. The quantitative estimate of drug-likeness (QED) is 0.0532. The van der Waals surface area contributed by atoms with E-state index in [2.05, 4.69) is 0 Å². The second kappa shape index (κ2) is 19.7. The van der Waals surface area contributed by atoms with Gasteiger partial charge in [-0.25, -0.2) is 4.79 Å². The van der Waals surface area contributed by atoms with Crippen LogP contribution in [-0.2, 0) is 43.0 Å². The topological polar surface area (TPSA) is 263 Å². The zero-order valence-corrected chi connectivity index (χ0v) is 27.1. The van der Waals surface area contributed by atoms with Gasteiger partial charge in [0.1, 0.15) is 42.7 Å². The van der Waals surface area contributed by atoms with Crippen LogP contribution in [0.1, 0.15) is 71.1 Å². The van der Waals surface area contributed by atoms with Crippen LogP contribution in [0.15, 0.2) is 0 Å². The van der Waals surface area contributed by atoms with Gasteiger partial charge >= 0.3 is 5.97 Å². The Labute approximate surface area is 278 Å². The number of hydrogen-bond donors (Lipinski definition) is 7. The minimum absolute atomic E-state index is 0.0120. The highest BCUT2D eigenvalue weighted by Crippen LogP contribution is 2.23. The van der Waals surface area contributed by atoms with Crippen molar-refractivity contribution in [3.05, 3.63) is 0 Å². The molecule has 3 heterocycles. The molecule has 0 aliphatic carbocycles. The predicted molar refractivity (Wildman–Crippen MR) is 159 cm³/mol. The average molecular weight is 695 g/mol. The van der Waals surface area contributed by atoms with Crippen molar-refractivity contribution >= 4 is 23.7 Å². The van der Waals surface area contributed by atoms with Crippen LogP contribution in [0, 0.1) is 0 Å². The molecule has 0 aromatic heterocycles. The zero-order chi connectivity index (χ0) is 35.4. The lowest BCUT2D eigenvalue weighted by molar-refractivity contribution is -0.301. The molecule has 0 aromatic carbocycles. The number of nitrogens with zero attached hydrogens (tertiary/aromatic N) is 2. The smallest absolute Gasteiger partial charge is 0.333 e. The maximum Gasteiger partial charge on any atom is 0.333 e. The first-order valence-corrected chi connectivity index (χ1v) is 16.4. The minimum atomic E-state index is -1.59. The highest BCUT2D eigenvalue weighted by molar-refractivity contribution is 6.01. The number of hydroxylamine groups is 2. The normalized spacial score (nSPS) is 32.5. The average Bonchev–Trinajstić information content (AvgIpc) is 3.38. The third kappa shape index (κ3) is 11.3. The summed E-state index contributed by atoms with van der Waals surface area (Å²) in [6.45, 7) is 1.12. The maximum absolute atomic E-state index is 13.1. The van der Waals surface area contributed by atoms with Crippen LogP contribution >= 0.6 is 0 Å². The Balaban J connectivity index is 1.41. The molecule has 3 aliphatic rings. The SMILES string of the molecule is C[C@@H]1O[C@@H](OCCN(CCCO[C@H]2O[C@H](CO)[C@@H](O)[C@H](O)[C@@H]2O)C(=O)CCCCCCCC(=O)ON2C(=O)CCC2=O)[C@@H](O)[C@H](O)[C@@H]1O. The number of unbranched alkanes of at least 4 members (excludes halogenated alkanes) is 4. The van der Waals surface area contributed by atoms with Crippen LogP contribution in [0.25, 0.3) is 0 Å². The van der Waals surface area contributed by atoms with Crippen molar-refractivity contribution in [3.63, 3.8) is 0 Å². The highest BCUT2D eigenvalue weighted by Gasteiger charge is 2.44. The zero-order valence-electron chi connectivity index (χ0n) is 27.1. The molecule has 10 atom stereocenters. The van der Waals surface area contributed by atoms with E-state index in [9.17, 15) is 54.9 Å². The van der Waals surface area contributed by atoms with Gasteiger partial charge in [0.15, 0.2) is 12.6 Å². The summed E-state index contributed by atoms with van der Waals surface area (Å²) >= 11 is 0. The summed E-state index contributed by atoms with van der Waals surface area (Å²) in [6.07, 6.45) is -9.71. The molecule has 0 aromatic rings. The van der Waals surface area contributed by atoms with Crippen LogP contribution in [0.3, 0.4) is 0 Å². The third-order valence-electron chi connectivity index (χ3n) is 8.48. The van der Waals surface area contributed by atoms with Gasteiger partial charge in [0.25, 0.3) is 11.8 Å². The van der Waals surface area contributed by atoms with Crippen molar-refractivity contribution < 1.29 is 78.7 Å². The molecule has 3 aliphatic heterocycles. The number of aliphatic hydroxyl groups excluding tert-OH is 7. The first kappa shape index (κ1) is 40.1. The Morgan fingerprint density at radius 1 is 0.729 bits per heavy atom. The van der Waals surface area contributed by atoms with Crippen LogP contribution in [0.4, 0.5) is 0 Å². The van der Waals surface area contributed by atoms with Crippen molar-refractivity contribution in [2.75, 3.05) is 32.9 Å². The summed E-state index contributed by atoms with van der Waals surface area (Å²) < 4.78 is 21.9. The van der Waals surface area contributed by atoms with Crippen molar-refractivity contribution in [1.82, 2.24) is 9.96 Å². The van der Waals surface area contributed by atoms with E-state index in [0.717, 1.165) is 6.42 Å². The van der Waals surface area contributed by atoms with Gasteiger partial charge in [-0.3, -0.25) is 14.4 Å². The van der Waals surface area contributed by atoms with Gasteiger partial charge in [-0.15, -0.1) is 5.06 Å². The fourth-order valence-electron chi connectivity index (χ4n) is 5.49. The largest absolute Gasteiger partial charge is 0.394 e. The summed E-state index contributed by atoms with van der Waals surface area (Å²) in [5.74, 6) is -1.93. The molecule has 0 spiro atoms. The van der Waals surface area contributed by atoms with Crippen LogP contribution < -0.4 is 0 Å². The molecule has 0 bridgehead atoms. The molecule has 18 heteroatoms. The molecule has 7 N–H and O–H groups in total. The van der Waals surface area contributed by atoms with Crippen LogP contribution in [0.2, 0.25) is 0 Å². The van der Waals surface area contributed by atoms with Gasteiger partial charge in [0.2, 0.25) is 5.91 Å². The molecule has 0 radical (unpaired) electrons. The molecular weight excluding hydrogens is 644 g/mol. The lowest BCUT2D eigenvalue weighted by Crippen LogP contribution is -2.59. The Morgan fingerprint density at radius 3 is 1.94 bits per heavy atom. The van der Waals surface area contributed by atoms with E-state index in [1.807, 2.05) is 0 Å². The van der Waals surface area contributed by atoms with Crippen molar-refractivity contribution in [2.45, 2.75) is 133 Å². The van der Waals surface area contributed by atoms with Crippen molar-refractivity contribution in [3.8, 4) is 0 Å². The Bertz CT molecular complexity index is 1030. The van der Waals surface area contributed by atoms with E-state index in [1.165, 1.54) is 11.8 Å². The van der Waals surface area contributed by atoms with Gasteiger partial charge in [-0.1, -0.05) is 19.3 Å². The lowest BCUT2D eigenvalue weighted by atomic mass is 9.99. The van der Waals surface area contributed by atoms with E-state index in [0.29, 0.717) is 30.7 Å². The fourth-order valence-corrected chi connectivity index (χ4v) is 5.49. The molecule has 3 saturated heterocycles. The number of imide groups is 1. The summed E-state index contributed by atoms with van der Waals surface area (Å²) in [4.78, 5) is 54.5. The van der Waals surface area contributed by atoms with Crippen molar-refractivity contribution in [2.24, 2.45) is 0 Å². The lowest BCUT2D eigenvalue weighted by Gasteiger charge is -2.39. The van der Waals surface area contributed by atoms with E-state index < -0.39 is 85.8 Å². The third-order valence-corrected chi connectivity index (χ3v) is 8.48. The molecular formula is C30H50N2O16. The fraction of sp³-hybridized carbons (Fsp3) is 0.867. The number of rotatable bonds is 19. The summed E-state index contributed by atoms with van der Waals surface area (Å²) in [5.41, 5.74) is 0. The Morgan fingerprint density at radius 2 is 1.29 bits per heavy atom. The molecule has 48 heavy (non-hydrogen) atoms. The first-order valence-electron chi connectivity index (χ1n) is 16.4. The van der Waals surface area contributed by atoms with Gasteiger partial charge in [0, 0.05) is 38.8 Å². The monoisotopic (exact) mass is 694 g/mol. The molecule has 3 fully saturated rings. The van der Waals surface area contributed by atoms with E-state index in [1.54, 1.807) is 0 Å². The highest BCUT2D eigenvalue weighted by atomic mass is 16.7. The minimum Gasteiger partial charge on any atom is -0.394 e. The summed E-state index contributed by atoms with van der Waals surface area (Å²) in [7, 11) is 0. The summed E-state index contributed by atoms with van der Waals surface area (Å²) in [6, 6.07) is 0. The van der Waals surface area contributed by atoms with E-state index >= 15 is 0 Å². The second-order valence-electron chi connectivity index (χ2n) is 12.2. The number of aliphatic hydroxyl groups is 7. The van der Waals surface area contributed by atoms with Gasteiger partial charge in [-0.05, 0) is 26.2 Å². The number of carbonyl (C=O) groups excluding carboxylic acids is 4. The number of hydrogen-bond acceptors (Lipinski definition) is 16. The Kier molecular flexibility index (Phi) is 16.5. The van der Waals surface area contributed by atoms with E-state index in [-0.39, 0.29) is 64.3 Å². The maximum atomic E-state index is 13.1. The second-order valence-corrected chi connectivity index (χ2v) is 12.2. The molecule has 18 nitrogen and oxygen atoms in total. The standard InChI is InChI=1S/C30H50N2O16/c1-17-23(38)25(40)27(42)29(46-17)45-15-13-31(12-7-14-44-30-28(43)26(41)24(39)18(16-33)47-30)19(34)8-5-3-2-4-6-9-22(37)48-32-20(35)10-11-21(32)36/h17-18,23-30,33,38-43H,2-16H2,1H3/t17-,18+,23+,24+,25+,26-,27-,28-,29+,30-/m0/s1. The molecule has 276 valence electrons. The van der Waals surface area contributed by atoms with Gasteiger partial charge in [0.05, 0.1) is 25.9 Å². The summed E-state index contributed by atoms with van der Waals surface area (Å²) in [5, 5.41) is 70.1.